The number of rotatable bonds is 5. The Balaban J connectivity index is 3.14. The summed E-state index contributed by atoms with van der Waals surface area (Å²) in [4.78, 5) is 22.0. The molecule has 0 saturated carbocycles. The first kappa shape index (κ1) is 13.2. The Morgan fingerprint density at radius 2 is 2.06 bits per heavy atom. The molecular formula is C13H16O4. The lowest BCUT2D eigenvalue weighted by atomic mass is 10.0. The summed E-state index contributed by atoms with van der Waals surface area (Å²) >= 11 is 0. The van der Waals surface area contributed by atoms with Gasteiger partial charge in [0, 0.05) is 6.92 Å². The fourth-order valence-electron chi connectivity index (χ4n) is 1.58. The minimum atomic E-state index is -1.08. The fourth-order valence-corrected chi connectivity index (χ4v) is 1.58. The lowest BCUT2D eigenvalue weighted by Crippen LogP contribution is -2.09. The van der Waals surface area contributed by atoms with Crippen LogP contribution in [-0.4, -0.2) is 17.0 Å². The number of hydrogen-bond acceptors (Lipinski definition) is 3. The highest BCUT2D eigenvalue weighted by Gasteiger charge is 2.16. The second-order valence-electron chi connectivity index (χ2n) is 3.80. The minimum absolute atomic E-state index is 0.0359. The summed E-state index contributed by atoms with van der Waals surface area (Å²) in [6, 6.07) is 4.90. The summed E-state index contributed by atoms with van der Waals surface area (Å²) in [5.41, 5.74) is 0.802. The molecule has 0 unspecified atom stereocenters. The van der Waals surface area contributed by atoms with Gasteiger partial charge < -0.3 is 9.84 Å². The van der Waals surface area contributed by atoms with E-state index in [4.69, 9.17) is 9.84 Å². The SMILES string of the molecule is CCCCc1cccc(C(=O)O)c1OC(C)=O. The van der Waals surface area contributed by atoms with E-state index >= 15 is 0 Å². The molecule has 0 fully saturated rings. The largest absolute Gasteiger partial charge is 0.478 e. The molecule has 0 aliphatic heterocycles. The summed E-state index contributed by atoms with van der Waals surface area (Å²) in [7, 11) is 0. The highest BCUT2D eigenvalue weighted by atomic mass is 16.5. The maximum absolute atomic E-state index is 11.0. The number of carboxylic acid groups (broad SMARTS) is 1. The molecule has 0 spiro atoms. The lowest BCUT2D eigenvalue weighted by Gasteiger charge is -2.11. The molecule has 0 atom stereocenters. The molecule has 0 bridgehead atoms. The average Bonchev–Trinajstić information content (AvgIpc) is 2.26. The van der Waals surface area contributed by atoms with E-state index in [-0.39, 0.29) is 11.3 Å². The summed E-state index contributed by atoms with van der Waals surface area (Å²) in [6.45, 7) is 3.31. The quantitative estimate of drug-likeness (QED) is 0.630. The van der Waals surface area contributed by atoms with Gasteiger partial charge in [-0.2, -0.15) is 0 Å². The van der Waals surface area contributed by atoms with Crippen molar-refractivity contribution in [2.75, 3.05) is 0 Å². The first-order valence-corrected chi connectivity index (χ1v) is 5.59. The van der Waals surface area contributed by atoms with Gasteiger partial charge in [0.2, 0.25) is 0 Å². The Morgan fingerprint density at radius 3 is 2.59 bits per heavy atom. The number of para-hydroxylation sites is 1. The van der Waals surface area contributed by atoms with Crippen molar-refractivity contribution in [3.63, 3.8) is 0 Å². The second-order valence-corrected chi connectivity index (χ2v) is 3.80. The van der Waals surface area contributed by atoms with E-state index in [0.717, 1.165) is 18.4 Å². The first-order valence-electron chi connectivity index (χ1n) is 5.59. The molecule has 1 aromatic carbocycles. The van der Waals surface area contributed by atoms with E-state index in [1.165, 1.54) is 13.0 Å². The number of aromatic carboxylic acids is 1. The third kappa shape index (κ3) is 3.59. The number of esters is 1. The molecular weight excluding hydrogens is 220 g/mol. The molecule has 1 rings (SSSR count). The zero-order valence-corrected chi connectivity index (χ0v) is 10.0. The van der Waals surface area contributed by atoms with Crippen LogP contribution in [0.2, 0.25) is 0 Å². The Kier molecular flexibility index (Phi) is 4.69. The van der Waals surface area contributed by atoms with Crippen LogP contribution in [0.15, 0.2) is 18.2 Å². The second kappa shape index (κ2) is 6.03. The van der Waals surface area contributed by atoms with Gasteiger partial charge in [-0.25, -0.2) is 4.79 Å². The average molecular weight is 236 g/mol. The number of benzene rings is 1. The van der Waals surface area contributed by atoms with Gasteiger partial charge in [0.05, 0.1) is 0 Å². The van der Waals surface area contributed by atoms with Crippen molar-refractivity contribution in [1.29, 1.82) is 0 Å². The monoisotopic (exact) mass is 236 g/mol. The topological polar surface area (TPSA) is 63.6 Å². The van der Waals surface area contributed by atoms with Gasteiger partial charge in [0.25, 0.3) is 0 Å². The molecule has 17 heavy (non-hydrogen) atoms. The van der Waals surface area contributed by atoms with E-state index < -0.39 is 11.9 Å². The molecule has 92 valence electrons. The van der Waals surface area contributed by atoms with E-state index in [1.807, 2.05) is 6.92 Å². The highest BCUT2D eigenvalue weighted by Crippen LogP contribution is 2.26. The molecule has 0 aliphatic carbocycles. The molecule has 0 heterocycles. The van der Waals surface area contributed by atoms with Crippen molar-refractivity contribution in [3.8, 4) is 5.75 Å². The molecule has 0 aliphatic rings. The third-order valence-corrected chi connectivity index (χ3v) is 2.37. The Morgan fingerprint density at radius 1 is 1.35 bits per heavy atom. The van der Waals surface area contributed by atoms with E-state index in [2.05, 4.69) is 0 Å². The van der Waals surface area contributed by atoms with Gasteiger partial charge in [0.1, 0.15) is 11.3 Å². The number of carbonyl (C=O) groups excluding carboxylic acids is 1. The van der Waals surface area contributed by atoms with Crippen LogP contribution in [0.1, 0.15) is 42.6 Å². The number of ether oxygens (including phenoxy) is 1. The van der Waals surface area contributed by atoms with Crippen LogP contribution in [-0.2, 0) is 11.2 Å². The van der Waals surface area contributed by atoms with Crippen LogP contribution in [0, 0.1) is 0 Å². The van der Waals surface area contributed by atoms with Crippen LogP contribution in [0.3, 0.4) is 0 Å². The van der Waals surface area contributed by atoms with E-state index in [1.54, 1.807) is 12.1 Å². The normalized spacial score (nSPS) is 10.0. The molecule has 1 aromatic rings. The number of carbonyl (C=O) groups is 2. The predicted molar refractivity (Wildman–Crippen MR) is 63.3 cm³/mol. The van der Waals surface area contributed by atoms with E-state index in [0.29, 0.717) is 6.42 Å². The van der Waals surface area contributed by atoms with Gasteiger partial charge in [-0.3, -0.25) is 4.79 Å². The van der Waals surface area contributed by atoms with Crippen molar-refractivity contribution in [1.82, 2.24) is 0 Å². The molecule has 4 heteroatoms. The number of carboxylic acids is 1. The molecule has 0 saturated heterocycles. The highest BCUT2D eigenvalue weighted by molar-refractivity contribution is 5.92. The summed E-state index contributed by atoms with van der Waals surface area (Å²) in [5.74, 6) is -1.41. The van der Waals surface area contributed by atoms with Crippen LogP contribution >= 0.6 is 0 Å². The Labute approximate surface area is 100 Å². The van der Waals surface area contributed by atoms with Gasteiger partial charge in [-0.15, -0.1) is 0 Å². The molecule has 0 amide bonds. The van der Waals surface area contributed by atoms with Crippen LogP contribution in [0.5, 0.6) is 5.75 Å². The van der Waals surface area contributed by atoms with Crippen LogP contribution < -0.4 is 4.74 Å². The predicted octanol–water partition coefficient (Wildman–Crippen LogP) is 2.65. The van der Waals surface area contributed by atoms with Crippen molar-refractivity contribution in [3.05, 3.63) is 29.3 Å². The van der Waals surface area contributed by atoms with Gasteiger partial charge >= 0.3 is 11.9 Å². The minimum Gasteiger partial charge on any atom is -0.478 e. The summed E-state index contributed by atoms with van der Waals surface area (Å²) in [5, 5.41) is 9.04. The number of aryl methyl sites for hydroxylation is 1. The van der Waals surface area contributed by atoms with E-state index in [9.17, 15) is 9.59 Å². The maximum atomic E-state index is 11.0. The van der Waals surface area contributed by atoms with Gasteiger partial charge in [-0.05, 0) is 24.5 Å². The van der Waals surface area contributed by atoms with Crippen LogP contribution in [0.4, 0.5) is 0 Å². The first-order chi connectivity index (χ1) is 8.06. The van der Waals surface area contributed by atoms with Gasteiger partial charge in [-0.1, -0.05) is 25.5 Å². The standard InChI is InChI=1S/C13H16O4/c1-3-4-6-10-7-5-8-11(13(15)16)12(10)17-9(2)14/h5,7-8H,3-4,6H2,1-2H3,(H,15,16). The van der Waals surface area contributed by atoms with Gasteiger partial charge in [0.15, 0.2) is 0 Å². The zero-order valence-electron chi connectivity index (χ0n) is 10.0. The van der Waals surface area contributed by atoms with Crippen molar-refractivity contribution in [2.45, 2.75) is 33.1 Å². The number of hydrogen-bond donors (Lipinski definition) is 1. The van der Waals surface area contributed by atoms with Crippen molar-refractivity contribution in [2.24, 2.45) is 0 Å². The molecule has 4 nitrogen and oxygen atoms in total. The zero-order chi connectivity index (χ0) is 12.8. The van der Waals surface area contributed by atoms with Crippen molar-refractivity contribution >= 4 is 11.9 Å². The fraction of sp³-hybridized carbons (Fsp3) is 0.385. The Bertz CT molecular complexity index is 423. The summed E-state index contributed by atoms with van der Waals surface area (Å²) < 4.78 is 5.02. The molecule has 0 radical (unpaired) electrons. The Hall–Kier alpha value is -1.84. The number of unbranched alkanes of at least 4 members (excludes halogenated alkanes) is 1. The smallest absolute Gasteiger partial charge is 0.339 e. The summed E-state index contributed by atoms with van der Waals surface area (Å²) in [6.07, 6.45) is 2.63. The van der Waals surface area contributed by atoms with Crippen molar-refractivity contribution < 1.29 is 19.4 Å². The van der Waals surface area contributed by atoms with Crippen LogP contribution in [0.25, 0.3) is 0 Å². The lowest BCUT2D eigenvalue weighted by molar-refractivity contribution is -0.131. The maximum Gasteiger partial charge on any atom is 0.339 e. The molecule has 0 aromatic heterocycles. The molecule has 1 N–H and O–H groups in total. The third-order valence-electron chi connectivity index (χ3n) is 2.37.